The van der Waals surface area contributed by atoms with Crippen LogP contribution in [0.3, 0.4) is 0 Å². The molecule has 0 bridgehead atoms. The lowest BCUT2D eigenvalue weighted by atomic mass is 9.86. The molecule has 1 aromatic heterocycles. The van der Waals surface area contributed by atoms with Crippen LogP contribution < -0.4 is 5.73 Å². The van der Waals surface area contributed by atoms with Crippen molar-refractivity contribution in [1.29, 1.82) is 0 Å². The second-order valence-corrected chi connectivity index (χ2v) is 6.34. The number of rotatable bonds is 2. The fourth-order valence-corrected chi connectivity index (χ4v) is 2.58. The smallest absolute Gasteiger partial charge is 0.0645 e. The van der Waals surface area contributed by atoms with Crippen LogP contribution in [-0.2, 0) is 5.41 Å². The summed E-state index contributed by atoms with van der Waals surface area (Å²) >= 11 is 1.71. The molecule has 1 atom stereocenters. The van der Waals surface area contributed by atoms with Crippen LogP contribution in [0.4, 0.5) is 0 Å². The van der Waals surface area contributed by atoms with E-state index in [4.69, 9.17) is 5.73 Å². The van der Waals surface area contributed by atoms with Gasteiger partial charge in [0.05, 0.1) is 6.04 Å². The van der Waals surface area contributed by atoms with Gasteiger partial charge in [-0.25, -0.2) is 0 Å². The lowest BCUT2D eigenvalue weighted by Crippen LogP contribution is -2.13. The van der Waals surface area contributed by atoms with Gasteiger partial charge in [-0.05, 0) is 28.0 Å². The number of benzene rings is 1. The Kier molecular flexibility index (Phi) is 3.36. The first-order valence-corrected chi connectivity index (χ1v) is 6.76. The minimum absolute atomic E-state index is 0.00372. The average Bonchev–Trinajstić information content (AvgIpc) is 2.80. The van der Waals surface area contributed by atoms with Gasteiger partial charge in [0.25, 0.3) is 0 Å². The second kappa shape index (κ2) is 4.63. The van der Waals surface area contributed by atoms with Crippen LogP contribution in [0.25, 0.3) is 0 Å². The summed E-state index contributed by atoms with van der Waals surface area (Å²) in [5, 5.41) is 2.07. The molecular formula is C15H19NS. The van der Waals surface area contributed by atoms with Gasteiger partial charge in [0.1, 0.15) is 0 Å². The van der Waals surface area contributed by atoms with Gasteiger partial charge in [-0.1, -0.05) is 51.1 Å². The summed E-state index contributed by atoms with van der Waals surface area (Å²) in [4.78, 5) is 1.22. The van der Waals surface area contributed by atoms with Crippen molar-refractivity contribution in [3.05, 3.63) is 57.8 Å². The molecule has 1 heterocycles. The molecular weight excluding hydrogens is 226 g/mol. The molecule has 0 aliphatic rings. The third kappa shape index (κ3) is 2.76. The fourth-order valence-electron chi connectivity index (χ4n) is 1.82. The van der Waals surface area contributed by atoms with Crippen LogP contribution in [0.5, 0.6) is 0 Å². The van der Waals surface area contributed by atoms with Crippen LogP contribution in [0.1, 0.15) is 42.8 Å². The predicted molar refractivity (Wildman–Crippen MR) is 75.5 cm³/mol. The van der Waals surface area contributed by atoms with Crippen LogP contribution in [-0.4, -0.2) is 0 Å². The number of nitrogens with two attached hydrogens (primary N) is 1. The normalized spacial score (nSPS) is 13.6. The maximum Gasteiger partial charge on any atom is 0.0645 e. The minimum atomic E-state index is 0.00372. The Morgan fingerprint density at radius 1 is 1.06 bits per heavy atom. The molecule has 2 aromatic rings. The zero-order chi connectivity index (χ0) is 12.5. The van der Waals surface area contributed by atoms with Gasteiger partial charge in [0.2, 0.25) is 0 Å². The topological polar surface area (TPSA) is 26.0 Å². The average molecular weight is 245 g/mol. The first-order chi connectivity index (χ1) is 7.98. The molecule has 0 saturated heterocycles. The Balaban J connectivity index is 2.24. The van der Waals surface area contributed by atoms with Crippen molar-refractivity contribution in [2.75, 3.05) is 0 Å². The van der Waals surface area contributed by atoms with E-state index in [-0.39, 0.29) is 11.5 Å². The van der Waals surface area contributed by atoms with Crippen molar-refractivity contribution in [2.45, 2.75) is 32.2 Å². The molecule has 2 heteroatoms. The lowest BCUT2D eigenvalue weighted by Gasteiger charge is -2.20. The molecule has 0 saturated carbocycles. The van der Waals surface area contributed by atoms with E-state index >= 15 is 0 Å². The van der Waals surface area contributed by atoms with E-state index in [1.54, 1.807) is 11.3 Å². The molecule has 0 aliphatic heterocycles. The maximum absolute atomic E-state index is 6.23. The molecule has 1 aromatic carbocycles. The van der Waals surface area contributed by atoms with Gasteiger partial charge >= 0.3 is 0 Å². The van der Waals surface area contributed by atoms with Crippen molar-refractivity contribution in [1.82, 2.24) is 0 Å². The quantitative estimate of drug-likeness (QED) is 0.847. The van der Waals surface area contributed by atoms with E-state index in [0.717, 1.165) is 0 Å². The Morgan fingerprint density at radius 3 is 2.18 bits per heavy atom. The van der Waals surface area contributed by atoms with Crippen molar-refractivity contribution in [3.8, 4) is 0 Å². The SMILES string of the molecule is CC(C)(C)c1ccc(C(N)c2cccs2)cc1. The molecule has 17 heavy (non-hydrogen) atoms. The molecule has 0 radical (unpaired) electrons. The van der Waals surface area contributed by atoms with Gasteiger partial charge in [0, 0.05) is 4.88 Å². The summed E-state index contributed by atoms with van der Waals surface area (Å²) in [6.07, 6.45) is 0. The summed E-state index contributed by atoms with van der Waals surface area (Å²) in [7, 11) is 0. The summed E-state index contributed by atoms with van der Waals surface area (Å²) in [5.41, 5.74) is 8.96. The molecule has 90 valence electrons. The summed E-state index contributed by atoms with van der Waals surface area (Å²) in [6.45, 7) is 6.67. The van der Waals surface area contributed by atoms with Crippen LogP contribution in [0.2, 0.25) is 0 Å². The van der Waals surface area contributed by atoms with E-state index in [1.165, 1.54) is 16.0 Å². The van der Waals surface area contributed by atoms with Crippen molar-refractivity contribution in [2.24, 2.45) is 5.73 Å². The Labute approximate surface area is 107 Å². The Hall–Kier alpha value is -1.12. The van der Waals surface area contributed by atoms with Gasteiger partial charge in [-0.3, -0.25) is 0 Å². The number of hydrogen-bond donors (Lipinski definition) is 1. The van der Waals surface area contributed by atoms with Gasteiger partial charge in [0.15, 0.2) is 0 Å². The van der Waals surface area contributed by atoms with Crippen molar-refractivity contribution < 1.29 is 0 Å². The highest BCUT2D eigenvalue weighted by molar-refractivity contribution is 7.10. The monoisotopic (exact) mass is 245 g/mol. The molecule has 2 rings (SSSR count). The molecule has 0 fully saturated rings. The molecule has 1 unspecified atom stereocenters. The fraction of sp³-hybridized carbons (Fsp3) is 0.333. The van der Waals surface area contributed by atoms with Gasteiger partial charge in [-0.2, -0.15) is 0 Å². The van der Waals surface area contributed by atoms with Crippen LogP contribution in [0.15, 0.2) is 41.8 Å². The summed E-state index contributed by atoms with van der Waals surface area (Å²) < 4.78 is 0. The molecule has 0 amide bonds. The first-order valence-electron chi connectivity index (χ1n) is 5.88. The Morgan fingerprint density at radius 2 is 1.71 bits per heavy atom. The van der Waals surface area contributed by atoms with E-state index in [0.29, 0.717) is 0 Å². The highest BCUT2D eigenvalue weighted by Gasteiger charge is 2.15. The third-order valence-electron chi connectivity index (χ3n) is 2.99. The van der Waals surface area contributed by atoms with Crippen molar-refractivity contribution in [3.63, 3.8) is 0 Å². The Bertz CT molecular complexity index is 463. The number of thiophene rings is 1. The minimum Gasteiger partial charge on any atom is -0.320 e. The van der Waals surface area contributed by atoms with Crippen molar-refractivity contribution >= 4 is 11.3 Å². The molecule has 0 aliphatic carbocycles. The van der Waals surface area contributed by atoms with Crippen LogP contribution in [0, 0.1) is 0 Å². The predicted octanol–water partition coefficient (Wildman–Crippen LogP) is 4.09. The third-order valence-corrected chi connectivity index (χ3v) is 3.94. The number of hydrogen-bond acceptors (Lipinski definition) is 2. The lowest BCUT2D eigenvalue weighted by molar-refractivity contribution is 0.590. The summed E-state index contributed by atoms with van der Waals surface area (Å²) in [6, 6.07) is 12.8. The molecule has 2 N–H and O–H groups in total. The molecule has 1 nitrogen and oxygen atoms in total. The summed E-state index contributed by atoms with van der Waals surface area (Å²) in [5.74, 6) is 0. The maximum atomic E-state index is 6.23. The van der Waals surface area contributed by atoms with E-state index in [9.17, 15) is 0 Å². The van der Waals surface area contributed by atoms with E-state index in [1.807, 2.05) is 6.07 Å². The zero-order valence-corrected chi connectivity index (χ0v) is 11.4. The first kappa shape index (κ1) is 12.3. The molecule has 0 spiro atoms. The second-order valence-electron chi connectivity index (χ2n) is 5.37. The van der Waals surface area contributed by atoms with Gasteiger partial charge in [-0.15, -0.1) is 11.3 Å². The zero-order valence-electron chi connectivity index (χ0n) is 10.6. The van der Waals surface area contributed by atoms with E-state index < -0.39 is 0 Å². The van der Waals surface area contributed by atoms with Gasteiger partial charge < -0.3 is 5.73 Å². The largest absolute Gasteiger partial charge is 0.320 e. The van der Waals surface area contributed by atoms with E-state index in [2.05, 4.69) is 56.5 Å². The highest BCUT2D eigenvalue weighted by Crippen LogP contribution is 2.27. The highest BCUT2D eigenvalue weighted by atomic mass is 32.1. The standard InChI is InChI=1S/C15H19NS/c1-15(2,3)12-8-6-11(7-9-12)14(16)13-5-4-10-17-13/h4-10,14H,16H2,1-3H3. The van der Waals surface area contributed by atoms with Crippen LogP contribution >= 0.6 is 11.3 Å².